The fourth-order valence-corrected chi connectivity index (χ4v) is 4.30. The van der Waals surface area contributed by atoms with Crippen LogP contribution in [0.5, 0.6) is 0 Å². The Morgan fingerprint density at radius 1 is 1.15 bits per heavy atom. The molecule has 0 N–H and O–H groups in total. The van der Waals surface area contributed by atoms with E-state index in [1.54, 1.807) is 12.3 Å². The molecule has 1 aliphatic rings. The van der Waals surface area contributed by atoms with E-state index >= 15 is 0 Å². The quantitative estimate of drug-likeness (QED) is 0.562. The number of pyridine rings is 1. The van der Waals surface area contributed by atoms with Crippen molar-refractivity contribution in [1.82, 2.24) is 24.2 Å². The van der Waals surface area contributed by atoms with Gasteiger partial charge in [-0.1, -0.05) is 32.4 Å². The smallest absolute Gasteiger partial charge is 0.343 e. The summed E-state index contributed by atoms with van der Waals surface area (Å²) in [5, 5.41) is 5.01. The first kappa shape index (κ1) is 23.2. The predicted molar refractivity (Wildman–Crippen MR) is 125 cm³/mol. The first-order valence-electron chi connectivity index (χ1n) is 11.0. The molecule has 0 atom stereocenters. The van der Waals surface area contributed by atoms with Gasteiger partial charge in [-0.05, 0) is 48.6 Å². The summed E-state index contributed by atoms with van der Waals surface area (Å²) in [6.07, 6.45) is 4.81. The molecule has 3 aromatic rings. The minimum atomic E-state index is -0.394. The van der Waals surface area contributed by atoms with Crippen molar-refractivity contribution in [3.05, 3.63) is 64.0 Å². The minimum Gasteiger partial charge on any atom is -0.343 e. The van der Waals surface area contributed by atoms with Crippen molar-refractivity contribution in [2.45, 2.75) is 46.1 Å². The second-order valence-corrected chi connectivity index (χ2v) is 9.97. The van der Waals surface area contributed by atoms with Crippen LogP contribution in [-0.2, 0) is 4.79 Å². The van der Waals surface area contributed by atoms with Crippen molar-refractivity contribution in [3.8, 4) is 17.1 Å². The van der Waals surface area contributed by atoms with Gasteiger partial charge in [0.05, 0.1) is 16.8 Å². The first-order valence-corrected chi connectivity index (χ1v) is 11.4. The van der Waals surface area contributed by atoms with E-state index < -0.39 is 5.82 Å². The van der Waals surface area contributed by atoms with Crippen molar-refractivity contribution >= 4 is 17.5 Å². The van der Waals surface area contributed by atoms with Crippen LogP contribution < -0.4 is 5.69 Å². The molecule has 1 aromatic carbocycles. The average Bonchev–Trinajstić information content (AvgIpc) is 3.10. The minimum absolute atomic E-state index is 0.0719. The number of carbonyl (C=O) groups excluding carboxylic acids is 1. The van der Waals surface area contributed by atoms with E-state index in [1.165, 1.54) is 39.7 Å². The Morgan fingerprint density at radius 2 is 1.82 bits per heavy atom. The number of amides is 1. The molecule has 1 amide bonds. The van der Waals surface area contributed by atoms with Gasteiger partial charge in [0.15, 0.2) is 5.82 Å². The highest BCUT2D eigenvalue weighted by atomic mass is 35.5. The average molecular weight is 472 g/mol. The Labute approximate surface area is 196 Å². The molecule has 4 rings (SSSR count). The number of hydrogen-bond donors (Lipinski definition) is 0. The van der Waals surface area contributed by atoms with Gasteiger partial charge in [0, 0.05) is 37.5 Å². The van der Waals surface area contributed by atoms with Crippen LogP contribution in [0.4, 0.5) is 4.39 Å². The van der Waals surface area contributed by atoms with Crippen LogP contribution >= 0.6 is 11.6 Å². The summed E-state index contributed by atoms with van der Waals surface area (Å²) in [6, 6.07) is 7.22. The molecule has 9 heteroatoms. The fraction of sp³-hybridized carbons (Fsp3) is 0.417. The molecule has 7 nitrogen and oxygen atoms in total. The van der Waals surface area contributed by atoms with Crippen LogP contribution in [0.15, 0.2) is 47.5 Å². The van der Waals surface area contributed by atoms with E-state index in [9.17, 15) is 14.0 Å². The van der Waals surface area contributed by atoms with Gasteiger partial charge in [0.1, 0.15) is 5.82 Å². The number of rotatable bonds is 4. The molecule has 0 saturated carbocycles. The number of piperidine rings is 1. The van der Waals surface area contributed by atoms with Crippen LogP contribution in [-0.4, -0.2) is 43.2 Å². The van der Waals surface area contributed by atoms with E-state index in [0.29, 0.717) is 54.4 Å². The number of aromatic nitrogens is 4. The monoisotopic (exact) mass is 471 g/mol. The molecule has 1 fully saturated rings. The Hall–Kier alpha value is -3.00. The topological polar surface area (TPSA) is 73.0 Å². The standard InChI is InChI=1S/C24H27ClFN5O2/c1-24(2,3)14-21(32)29-12-9-18(10-13-29)31-23(33)30(17-6-4-16(26)5-7-17)22(28-31)19-8-11-27-15-20(19)25/h4-8,11,15,18H,9-10,12-14H2,1-3H3. The van der Waals surface area contributed by atoms with Crippen LogP contribution in [0.2, 0.25) is 5.02 Å². The van der Waals surface area contributed by atoms with E-state index in [1.807, 2.05) is 25.7 Å². The molecule has 2 aromatic heterocycles. The molecule has 0 bridgehead atoms. The fourth-order valence-electron chi connectivity index (χ4n) is 4.10. The van der Waals surface area contributed by atoms with Crippen LogP contribution in [0.25, 0.3) is 17.1 Å². The molecular weight excluding hydrogens is 445 g/mol. The number of likely N-dealkylation sites (tertiary alicyclic amines) is 1. The lowest BCUT2D eigenvalue weighted by molar-refractivity contribution is -0.134. The maximum Gasteiger partial charge on any atom is 0.351 e. The summed E-state index contributed by atoms with van der Waals surface area (Å²) in [5.41, 5.74) is 0.652. The van der Waals surface area contributed by atoms with E-state index in [2.05, 4.69) is 10.1 Å². The van der Waals surface area contributed by atoms with Gasteiger partial charge in [0.2, 0.25) is 5.91 Å². The molecule has 0 spiro atoms. The predicted octanol–water partition coefficient (Wildman–Crippen LogP) is 4.49. The summed E-state index contributed by atoms with van der Waals surface area (Å²) in [4.78, 5) is 32.0. The molecule has 0 unspecified atom stereocenters. The van der Waals surface area contributed by atoms with Gasteiger partial charge in [-0.25, -0.2) is 18.4 Å². The highest BCUT2D eigenvalue weighted by molar-refractivity contribution is 6.33. The Morgan fingerprint density at radius 3 is 2.42 bits per heavy atom. The Bertz CT molecular complexity index is 1200. The lowest BCUT2D eigenvalue weighted by Crippen LogP contribution is -2.42. The Kier molecular flexibility index (Phi) is 6.38. The highest BCUT2D eigenvalue weighted by Crippen LogP contribution is 2.29. The van der Waals surface area contributed by atoms with E-state index in [-0.39, 0.29) is 23.1 Å². The van der Waals surface area contributed by atoms with E-state index in [0.717, 1.165) is 0 Å². The molecule has 1 saturated heterocycles. The van der Waals surface area contributed by atoms with Crippen molar-refractivity contribution in [1.29, 1.82) is 0 Å². The van der Waals surface area contributed by atoms with E-state index in [4.69, 9.17) is 11.6 Å². The zero-order valence-corrected chi connectivity index (χ0v) is 19.7. The van der Waals surface area contributed by atoms with Gasteiger partial charge < -0.3 is 4.90 Å². The van der Waals surface area contributed by atoms with Gasteiger partial charge in [-0.15, -0.1) is 5.10 Å². The maximum absolute atomic E-state index is 13.5. The third kappa shape index (κ3) is 5.00. The molecule has 1 aliphatic heterocycles. The van der Waals surface area contributed by atoms with Crippen molar-refractivity contribution in [3.63, 3.8) is 0 Å². The molecule has 33 heavy (non-hydrogen) atoms. The summed E-state index contributed by atoms with van der Waals surface area (Å²) < 4.78 is 16.4. The SMILES string of the molecule is CC(C)(C)CC(=O)N1CCC(n2nc(-c3ccncc3Cl)n(-c3ccc(F)cc3)c2=O)CC1. The maximum atomic E-state index is 13.5. The number of halogens is 2. The number of benzene rings is 1. The lowest BCUT2D eigenvalue weighted by Gasteiger charge is -2.33. The summed E-state index contributed by atoms with van der Waals surface area (Å²) >= 11 is 6.37. The molecule has 174 valence electrons. The van der Waals surface area contributed by atoms with Crippen LogP contribution in [0.1, 0.15) is 46.1 Å². The van der Waals surface area contributed by atoms with Gasteiger partial charge in [-0.2, -0.15) is 0 Å². The summed E-state index contributed by atoms with van der Waals surface area (Å²) in [7, 11) is 0. The molecular formula is C24H27ClFN5O2. The zero-order valence-electron chi connectivity index (χ0n) is 19.0. The second-order valence-electron chi connectivity index (χ2n) is 9.57. The highest BCUT2D eigenvalue weighted by Gasteiger charge is 2.29. The number of hydrogen-bond acceptors (Lipinski definition) is 4. The zero-order chi connectivity index (χ0) is 23.8. The first-order chi connectivity index (χ1) is 15.6. The van der Waals surface area contributed by atoms with Crippen molar-refractivity contribution < 1.29 is 9.18 Å². The van der Waals surface area contributed by atoms with Crippen LogP contribution in [0.3, 0.4) is 0 Å². The second kappa shape index (κ2) is 9.09. The van der Waals surface area contributed by atoms with Gasteiger partial charge >= 0.3 is 5.69 Å². The summed E-state index contributed by atoms with van der Waals surface area (Å²) in [5.74, 6) is 0.106. The number of nitrogens with zero attached hydrogens (tertiary/aromatic N) is 5. The Balaban J connectivity index is 1.67. The normalized spacial score (nSPS) is 15.1. The van der Waals surface area contributed by atoms with Gasteiger partial charge in [-0.3, -0.25) is 9.78 Å². The van der Waals surface area contributed by atoms with Crippen molar-refractivity contribution in [2.24, 2.45) is 5.41 Å². The molecule has 3 heterocycles. The number of carbonyl (C=O) groups is 1. The third-order valence-corrected chi connectivity index (χ3v) is 6.05. The van der Waals surface area contributed by atoms with Gasteiger partial charge in [0.25, 0.3) is 0 Å². The lowest BCUT2D eigenvalue weighted by atomic mass is 9.91. The van der Waals surface area contributed by atoms with Crippen LogP contribution in [0, 0.1) is 11.2 Å². The molecule has 0 radical (unpaired) electrons. The third-order valence-electron chi connectivity index (χ3n) is 5.74. The summed E-state index contributed by atoms with van der Waals surface area (Å²) in [6.45, 7) is 7.28. The largest absolute Gasteiger partial charge is 0.351 e. The van der Waals surface area contributed by atoms with Crippen molar-refractivity contribution in [2.75, 3.05) is 13.1 Å². The molecule has 0 aliphatic carbocycles.